The third-order valence-corrected chi connectivity index (χ3v) is 3.56. The number of nitrogen functional groups attached to an aromatic ring is 1. The van der Waals surface area contributed by atoms with Crippen molar-refractivity contribution in [1.82, 2.24) is 4.98 Å². The highest BCUT2D eigenvalue weighted by Crippen LogP contribution is 2.16. The Labute approximate surface area is 128 Å². The minimum absolute atomic E-state index is 0.502. The molecule has 1 aromatic heterocycles. The van der Waals surface area contributed by atoms with E-state index in [2.05, 4.69) is 22.4 Å². The lowest BCUT2D eigenvalue weighted by Gasteiger charge is -2.05. The number of hydrogen-bond acceptors (Lipinski definition) is 6. The largest absolute Gasteiger partial charge is 0.494 e. The van der Waals surface area contributed by atoms with Crippen molar-refractivity contribution in [3.8, 4) is 5.75 Å². The molecule has 0 atom stereocenters. The van der Waals surface area contributed by atoms with Crippen molar-refractivity contribution in [1.29, 1.82) is 0 Å². The monoisotopic (exact) mass is 304 g/mol. The summed E-state index contributed by atoms with van der Waals surface area (Å²) in [5.41, 5.74) is 9.37. The molecule has 112 valence electrons. The normalized spacial score (nSPS) is 10.9. The quantitative estimate of drug-likeness (QED) is 0.443. The number of nitrogens with zero attached hydrogens (tertiary/aromatic N) is 2. The first-order chi connectivity index (χ1) is 10.3. The molecule has 0 saturated heterocycles. The Balaban J connectivity index is 1.78. The molecule has 21 heavy (non-hydrogen) atoms. The number of anilines is 2. The van der Waals surface area contributed by atoms with Crippen molar-refractivity contribution in [2.45, 2.75) is 26.2 Å². The van der Waals surface area contributed by atoms with Crippen molar-refractivity contribution >= 4 is 28.5 Å². The molecule has 0 amide bonds. The lowest BCUT2D eigenvalue weighted by molar-refractivity contribution is 0.306. The van der Waals surface area contributed by atoms with Gasteiger partial charge < -0.3 is 10.5 Å². The maximum absolute atomic E-state index is 5.66. The van der Waals surface area contributed by atoms with Crippen LogP contribution in [-0.2, 0) is 0 Å². The van der Waals surface area contributed by atoms with Gasteiger partial charge in [-0.15, -0.1) is 11.3 Å². The number of rotatable bonds is 8. The first-order valence-electron chi connectivity index (χ1n) is 7.01. The zero-order valence-corrected chi connectivity index (χ0v) is 12.9. The predicted molar refractivity (Wildman–Crippen MR) is 89.2 cm³/mol. The van der Waals surface area contributed by atoms with Crippen molar-refractivity contribution in [2.75, 3.05) is 17.8 Å². The molecule has 0 aliphatic heterocycles. The molecule has 1 heterocycles. The van der Waals surface area contributed by atoms with E-state index in [1.165, 1.54) is 24.2 Å². The fourth-order valence-corrected chi connectivity index (χ4v) is 2.24. The van der Waals surface area contributed by atoms with E-state index in [9.17, 15) is 0 Å². The van der Waals surface area contributed by atoms with Gasteiger partial charge in [-0.1, -0.05) is 19.8 Å². The van der Waals surface area contributed by atoms with Crippen molar-refractivity contribution in [3.05, 3.63) is 35.2 Å². The minimum atomic E-state index is 0.502. The smallest absolute Gasteiger partial charge is 0.205 e. The first kappa shape index (κ1) is 15.3. The average Bonchev–Trinajstić information content (AvgIpc) is 2.91. The standard InChI is InChI=1S/C15H20N4OS/c1-2-3-4-9-20-13-7-5-12(6-8-13)10-17-19-15-18-14(16)11-21-15/h5-8,10-11H,2-4,9,16H2,1H3,(H,18,19). The van der Waals surface area contributed by atoms with Gasteiger partial charge in [-0.2, -0.15) is 5.10 Å². The van der Waals surface area contributed by atoms with E-state index < -0.39 is 0 Å². The van der Waals surface area contributed by atoms with Crippen LogP contribution in [0.4, 0.5) is 10.9 Å². The van der Waals surface area contributed by atoms with Crippen LogP contribution in [0.2, 0.25) is 0 Å². The molecular weight excluding hydrogens is 284 g/mol. The summed E-state index contributed by atoms with van der Waals surface area (Å²) >= 11 is 1.42. The molecule has 0 unspecified atom stereocenters. The molecule has 2 rings (SSSR count). The highest BCUT2D eigenvalue weighted by Gasteiger charge is 1.96. The molecule has 0 spiro atoms. The zero-order chi connectivity index (χ0) is 14.9. The number of hydrogen-bond donors (Lipinski definition) is 2. The maximum Gasteiger partial charge on any atom is 0.205 e. The number of aromatic nitrogens is 1. The molecule has 3 N–H and O–H groups in total. The van der Waals surface area contributed by atoms with E-state index >= 15 is 0 Å². The van der Waals surface area contributed by atoms with Gasteiger partial charge in [-0.3, -0.25) is 5.43 Å². The van der Waals surface area contributed by atoms with Crippen LogP contribution in [0.15, 0.2) is 34.7 Å². The second-order valence-electron chi connectivity index (χ2n) is 4.57. The Morgan fingerprint density at radius 3 is 2.81 bits per heavy atom. The van der Waals surface area contributed by atoms with Gasteiger partial charge in [0.05, 0.1) is 12.8 Å². The van der Waals surface area contributed by atoms with Crippen LogP contribution in [0.25, 0.3) is 0 Å². The van der Waals surface area contributed by atoms with Crippen LogP contribution in [0.3, 0.4) is 0 Å². The van der Waals surface area contributed by atoms with Crippen LogP contribution in [-0.4, -0.2) is 17.8 Å². The summed E-state index contributed by atoms with van der Waals surface area (Å²) in [5, 5.41) is 6.56. The molecule has 5 nitrogen and oxygen atoms in total. The van der Waals surface area contributed by atoms with Gasteiger partial charge in [0.15, 0.2) is 0 Å². The lowest BCUT2D eigenvalue weighted by atomic mass is 10.2. The number of thiazole rings is 1. The fourth-order valence-electron chi connectivity index (χ4n) is 1.69. The zero-order valence-electron chi connectivity index (χ0n) is 12.1. The molecule has 0 bridgehead atoms. The topological polar surface area (TPSA) is 72.5 Å². The summed E-state index contributed by atoms with van der Waals surface area (Å²) < 4.78 is 5.66. The summed E-state index contributed by atoms with van der Waals surface area (Å²) in [6.07, 6.45) is 5.24. The maximum atomic E-state index is 5.66. The van der Waals surface area contributed by atoms with Crippen LogP contribution in [0.1, 0.15) is 31.7 Å². The third-order valence-electron chi connectivity index (χ3n) is 2.79. The van der Waals surface area contributed by atoms with Gasteiger partial charge in [0.1, 0.15) is 11.6 Å². The Bertz CT molecular complexity index is 565. The Morgan fingerprint density at radius 2 is 2.14 bits per heavy atom. The second-order valence-corrected chi connectivity index (χ2v) is 5.43. The molecule has 0 saturated carbocycles. The second kappa shape index (κ2) is 8.26. The van der Waals surface area contributed by atoms with E-state index in [0.717, 1.165) is 24.3 Å². The van der Waals surface area contributed by atoms with Gasteiger partial charge >= 0.3 is 0 Å². The van der Waals surface area contributed by atoms with E-state index in [-0.39, 0.29) is 0 Å². The fraction of sp³-hybridized carbons (Fsp3) is 0.333. The molecule has 1 aromatic carbocycles. The van der Waals surface area contributed by atoms with E-state index in [0.29, 0.717) is 10.9 Å². The molecule has 6 heteroatoms. The highest BCUT2D eigenvalue weighted by atomic mass is 32.1. The highest BCUT2D eigenvalue weighted by molar-refractivity contribution is 7.14. The number of hydrazone groups is 1. The van der Waals surface area contributed by atoms with E-state index in [1.807, 2.05) is 24.3 Å². The van der Waals surface area contributed by atoms with Crippen molar-refractivity contribution < 1.29 is 4.74 Å². The lowest BCUT2D eigenvalue weighted by Crippen LogP contribution is -1.97. The number of nitrogens with two attached hydrogens (primary N) is 1. The van der Waals surface area contributed by atoms with Gasteiger partial charge in [0.25, 0.3) is 0 Å². The number of ether oxygens (including phenoxy) is 1. The molecule has 0 fully saturated rings. The van der Waals surface area contributed by atoms with Crippen molar-refractivity contribution in [3.63, 3.8) is 0 Å². The molecule has 0 aliphatic carbocycles. The summed E-state index contributed by atoms with van der Waals surface area (Å²) in [5.74, 6) is 1.39. The first-order valence-corrected chi connectivity index (χ1v) is 7.89. The number of benzene rings is 1. The Morgan fingerprint density at radius 1 is 1.33 bits per heavy atom. The van der Waals surface area contributed by atoms with Crippen molar-refractivity contribution in [2.24, 2.45) is 5.10 Å². The van der Waals surface area contributed by atoms with E-state index in [4.69, 9.17) is 10.5 Å². The Hall–Kier alpha value is -2.08. The molecule has 0 aliphatic rings. The molecule has 0 radical (unpaired) electrons. The van der Waals surface area contributed by atoms with Crippen LogP contribution in [0, 0.1) is 0 Å². The molecule has 2 aromatic rings. The SMILES string of the molecule is CCCCCOc1ccc(C=NNc2nc(N)cs2)cc1. The minimum Gasteiger partial charge on any atom is -0.494 e. The number of unbranched alkanes of at least 4 members (excludes halogenated alkanes) is 2. The predicted octanol–water partition coefficient (Wildman–Crippen LogP) is 3.74. The summed E-state index contributed by atoms with van der Waals surface area (Å²) in [6.45, 7) is 2.95. The van der Waals surface area contributed by atoms with Crippen LogP contribution < -0.4 is 15.9 Å². The summed E-state index contributed by atoms with van der Waals surface area (Å²) in [6, 6.07) is 7.84. The van der Waals surface area contributed by atoms with Crippen LogP contribution in [0.5, 0.6) is 5.75 Å². The van der Waals surface area contributed by atoms with Gasteiger partial charge in [-0.25, -0.2) is 4.98 Å². The summed E-state index contributed by atoms with van der Waals surface area (Å²) in [7, 11) is 0. The van der Waals surface area contributed by atoms with Crippen LogP contribution >= 0.6 is 11.3 Å². The van der Waals surface area contributed by atoms with Gasteiger partial charge in [0, 0.05) is 5.38 Å². The summed E-state index contributed by atoms with van der Waals surface area (Å²) in [4.78, 5) is 4.06. The molecular formula is C15H20N4OS. The third kappa shape index (κ3) is 5.43. The van der Waals surface area contributed by atoms with Gasteiger partial charge in [0.2, 0.25) is 5.13 Å². The van der Waals surface area contributed by atoms with E-state index in [1.54, 1.807) is 11.6 Å². The van der Waals surface area contributed by atoms with Gasteiger partial charge in [-0.05, 0) is 36.2 Å². The average molecular weight is 304 g/mol. The Kier molecular flexibility index (Phi) is 6.02. The number of nitrogens with one attached hydrogen (secondary N) is 1.